The molecule has 1 saturated heterocycles. The molecule has 0 spiro atoms. The lowest BCUT2D eigenvalue weighted by atomic mass is 10.1. The fourth-order valence-corrected chi connectivity index (χ4v) is 2.61. The molecule has 3 rings (SSSR count). The van der Waals surface area contributed by atoms with Gasteiger partial charge in [-0.25, -0.2) is 9.69 Å². The highest BCUT2D eigenvalue weighted by Gasteiger charge is 2.37. The summed E-state index contributed by atoms with van der Waals surface area (Å²) in [6.07, 6.45) is -1.54. The first-order chi connectivity index (χ1) is 12.2. The number of anilines is 1. The van der Waals surface area contributed by atoms with Gasteiger partial charge in [-0.15, -0.1) is 13.2 Å². The molecule has 0 unspecified atom stereocenters. The molecule has 136 valence electrons. The molecule has 1 aliphatic heterocycles. The van der Waals surface area contributed by atoms with Gasteiger partial charge in [0.1, 0.15) is 12.3 Å². The van der Waals surface area contributed by atoms with Crippen LogP contribution in [0.3, 0.4) is 0 Å². The van der Waals surface area contributed by atoms with E-state index in [4.69, 9.17) is 0 Å². The highest BCUT2D eigenvalue weighted by Crippen LogP contribution is 2.28. The molecule has 9 heteroatoms. The zero-order chi connectivity index (χ0) is 18.9. The monoisotopic (exact) mass is 365 g/mol. The Morgan fingerprint density at radius 2 is 1.85 bits per heavy atom. The number of hydrogen-bond acceptors (Lipinski definition) is 4. The Morgan fingerprint density at radius 1 is 1.15 bits per heavy atom. The Morgan fingerprint density at radius 3 is 2.46 bits per heavy atom. The maximum absolute atomic E-state index is 12.5. The second kappa shape index (κ2) is 6.66. The van der Waals surface area contributed by atoms with Crippen LogP contribution in [-0.2, 0) is 11.3 Å². The van der Waals surface area contributed by atoms with Gasteiger partial charge in [0, 0.05) is 18.9 Å². The molecular weight excluding hydrogens is 351 g/mol. The quantitative estimate of drug-likeness (QED) is 0.781. The van der Waals surface area contributed by atoms with Crippen LogP contribution in [0.1, 0.15) is 11.1 Å². The average molecular weight is 365 g/mol. The number of imide groups is 1. The van der Waals surface area contributed by atoms with E-state index in [1.807, 2.05) is 6.92 Å². The number of carbonyl (C=O) groups excluding carboxylic acids is 2. The summed E-state index contributed by atoms with van der Waals surface area (Å²) in [5.41, 5.74) is 1.93. The molecule has 3 amide bonds. The minimum Gasteiger partial charge on any atom is -0.406 e. The first-order valence-electron chi connectivity index (χ1n) is 7.62. The first-order valence-corrected chi connectivity index (χ1v) is 7.62. The number of aryl methyl sites for hydroxylation is 1. The summed E-state index contributed by atoms with van der Waals surface area (Å²) in [4.78, 5) is 31.1. The van der Waals surface area contributed by atoms with Crippen LogP contribution in [0.15, 0.2) is 42.7 Å². The summed E-state index contributed by atoms with van der Waals surface area (Å²) in [7, 11) is 0. The maximum atomic E-state index is 12.5. The Hall–Kier alpha value is -3.10. The molecule has 1 aromatic carbocycles. The topological polar surface area (TPSA) is 62.7 Å². The van der Waals surface area contributed by atoms with E-state index in [1.165, 1.54) is 17.0 Å². The van der Waals surface area contributed by atoms with Gasteiger partial charge in [0.15, 0.2) is 0 Å². The molecule has 0 radical (unpaired) electrons. The van der Waals surface area contributed by atoms with Gasteiger partial charge in [-0.2, -0.15) is 0 Å². The summed E-state index contributed by atoms with van der Waals surface area (Å²) in [6.45, 7) is 1.98. The minimum atomic E-state index is -4.81. The number of carbonyl (C=O) groups is 2. The van der Waals surface area contributed by atoms with Crippen molar-refractivity contribution in [1.29, 1.82) is 0 Å². The van der Waals surface area contributed by atoms with Crippen LogP contribution in [0.5, 0.6) is 5.75 Å². The van der Waals surface area contributed by atoms with Crippen LogP contribution in [0.4, 0.5) is 23.7 Å². The van der Waals surface area contributed by atoms with Crippen molar-refractivity contribution in [2.24, 2.45) is 0 Å². The van der Waals surface area contributed by atoms with E-state index in [0.29, 0.717) is 0 Å². The fourth-order valence-electron chi connectivity index (χ4n) is 2.61. The molecule has 2 aromatic rings. The smallest absolute Gasteiger partial charge is 0.406 e. The molecule has 0 N–H and O–H groups in total. The number of nitrogens with zero attached hydrogens (tertiary/aromatic N) is 3. The normalized spacial score (nSPS) is 14.9. The summed E-state index contributed by atoms with van der Waals surface area (Å²) in [6, 6.07) is 5.81. The lowest BCUT2D eigenvalue weighted by molar-refractivity contribution is -0.274. The Balaban J connectivity index is 1.76. The van der Waals surface area contributed by atoms with Crippen LogP contribution in [0.2, 0.25) is 0 Å². The van der Waals surface area contributed by atoms with Crippen molar-refractivity contribution in [3.8, 4) is 5.75 Å². The third kappa shape index (κ3) is 3.76. The number of rotatable bonds is 4. The number of ether oxygens (including phenoxy) is 1. The second-order valence-corrected chi connectivity index (χ2v) is 5.71. The van der Waals surface area contributed by atoms with Gasteiger partial charge >= 0.3 is 12.4 Å². The van der Waals surface area contributed by atoms with Crippen LogP contribution in [0, 0.1) is 6.92 Å². The number of benzene rings is 1. The number of hydrogen-bond donors (Lipinski definition) is 0. The van der Waals surface area contributed by atoms with Crippen molar-refractivity contribution >= 4 is 17.6 Å². The SMILES string of the molecule is Cc1cnccc1CN1CC(=O)N(c2ccc(OC(F)(F)F)cc2)C1=O. The summed E-state index contributed by atoms with van der Waals surface area (Å²) in [5, 5.41) is 0. The number of pyridine rings is 1. The van der Waals surface area contributed by atoms with E-state index < -0.39 is 24.1 Å². The molecular formula is C17H14F3N3O3. The Kier molecular flexibility index (Phi) is 4.54. The third-order valence-corrected chi connectivity index (χ3v) is 3.86. The Labute approximate surface area is 146 Å². The summed E-state index contributed by atoms with van der Waals surface area (Å²) in [5.74, 6) is -0.879. The van der Waals surface area contributed by atoms with Gasteiger partial charge in [-0.05, 0) is 48.4 Å². The van der Waals surface area contributed by atoms with Gasteiger partial charge < -0.3 is 9.64 Å². The average Bonchev–Trinajstić information content (AvgIpc) is 2.83. The van der Waals surface area contributed by atoms with Gasteiger partial charge in [-0.1, -0.05) is 0 Å². The largest absolute Gasteiger partial charge is 0.573 e. The highest BCUT2D eigenvalue weighted by atomic mass is 19.4. The Bertz CT molecular complexity index is 837. The molecule has 1 aliphatic rings. The van der Waals surface area contributed by atoms with Gasteiger partial charge in [-0.3, -0.25) is 9.78 Å². The predicted octanol–water partition coefficient (Wildman–Crippen LogP) is 3.26. The number of aromatic nitrogens is 1. The van der Waals surface area contributed by atoms with Gasteiger partial charge in [0.2, 0.25) is 0 Å². The van der Waals surface area contributed by atoms with E-state index in [9.17, 15) is 22.8 Å². The molecule has 6 nitrogen and oxygen atoms in total. The van der Waals surface area contributed by atoms with Crippen molar-refractivity contribution in [3.63, 3.8) is 0 Å². The van der Waals surface area contributed by atoms with Crippen molar-refractivity contribution in [2.75, 3.05) is 11.4 Å². The molecule has 0 aliphatic carbocycles. The van der Waals surface area contributed by atoms with E-state index >= 15 is 0 Å². The van der Waals surface area contributed by atoms with Crippen molar-refractivity contribution < 1.29 is 27.5 Å². The van der Waals surface area contributed by atoms with Crippen molar-refractivity contribution in [1.82, 2.24) is 9.88 Å². The molecule has 1 aromatic heterocycles. The second-order valence-electron chi connectivity index (χ2n) is 5.71. The maximum Gasteiger partial charge on any atom is 0.573 e. The fraction of sp³-hybridized carbons (Fsp3) is 0.235. The van der Waals surface area contributed by atoms with Crippen LogP contribution in [-0.4, -0.2) is 34.7 Å². The zero-order valence-corrected chi connectivity index (χ0v) is 13.7. The molecule has 26 heavy (non-hydrogen) atoms. The molecule has 0 bridgehead atoms. The van der Waals surface area contributed by atoms with Crippen molar-refractivity contribution in [2.45, 2.75) is 19.8 Å². The van der Waals surface area contributed by atoms with Gasteiger partial charge in [0.05, 0.1) is 5.69 Å². The number of alkyl halides is 3. The van der Waals surface area contributed by atoms with Crippen LogP contribution < -0.4 is 9.64 Å². The molecule has 2 heterocycles. The lowest BCUT2D eigenvalue weighted by Gasteiger charge is -2.18. The van der Waals surface area contributed by atoms with E-state index in [0.717, 1.165) is 28.2 Å². The summed E-state index contributed by atoms with van der Waals surface area (Å²) >= 11 is 0. The third-order valence-electron chi connectivity index (χ3n) is 3.86. The number of urea groups is 1. The van der Waals surface area contributed by atoms with Crippen molar-refractivity contribution in [3.05, 3.63) is 53.9 Å². The highest BCUT2D eigenvalue weighted by molar-refractivity contribution is 6.19. The molecule has 0 atom stereocenters. The van der Waals surface area contributed by atoms with E-state index in [1.54, 1.807) is 18.5 Å². The number of halogens is 3. The predicted molar refractivity (Wildman–Crippen MR) is 85.4 cm³/mol. The molecule has 0 saturated carbocycles. The lowest BCUT2D eigenvalue weighted by Crippen LogP contribution is -2.32. The van der Waals surface area contributed by atoms with Crippen LogP contribution >= 0.6 is 0 Å². The standard InChI is InChI=1S/C17H14F3N3O3/c1-11-8-21-7-6-12(11)9-22-10-15(24)23(16(22)25)13-2-4-14(5-3-13)26-17(18,19)20/h2-8H,9-10H2,1H3. The molecule has 1 fully saturated rings. The van der Waals surface area contributed by atoms with Gasteiger partial charge in [0.25, 0.3) is 5.91 Å². The first kappa shape index (κ1) is 17.7. The van der Waals surface area contributed by atoms with Crippen LogP contribution in [0.25, 0.3) is 0 Å². The van der Waals surface area contributed by atoms with E-state index in [-0.39, 0.29) is 18.8 Å². The zero-order valence-electron chi connectivity index (χ0n) is 13.7. The number of amides is 3. The van der Waals surface area contributed by atoms with E-state index in [2.05, 4.69) is 9.72 Å². The minimum absolute atomic E-state index is 0.110. The summed E-state index contributed by atoms with van der Waals surface area (Å²) < 4.78 is 40.4.